The smallest absolute Gasteiger partial charge is 0.0814 e. The van der Waals surface area contributed by atoms with Crippen molar-refractivity contribution in [1.29, 1.82) is 0 Å². The van der Waals surface area contributed by atoms with E-state index in [1.165, 1.54) is 6.42 Å². The van der Waals surface area contributed by atoms with Crippen LogP contribution in [0.4, 0.5) is 0 Å². The van der Waals surface area contributed by atoms with Crippen LogP contribution in [0.5, 0.6) is 0 Å². The van der Waals surface area contributed by atoms with E-state index >= 15 is 0 Å². The third kappa shape index (κ3) is 2.23. The van der Waals surface area contributed by atoms with Crippen molar-refractivity contribution < 1.29 is 5.11 Å². The molecule has 3 atom stereocenters. The molecule has 0 aromatic carbocycles. The Labute approximate surface area is 81.9 Å². The second-order valence-corrected chi connectivity index (χ2v) is 4.76. The monoisotopic (exact) mass is 185 g/mol. The molecule has 0 radical (unpaired) electrons. The fourth-order valence-corrected chi connectivity index (χ4v) is 2.38. The molecule has 2 heteroatoms. The Morgan fingerprint density at radius 2 is 2.23 bits per heavy atom. The zero-order chi connectivity index (χ0) is 10.1. The molecule has 0 amide bonds. The third-order valence-corrected chi connectivity index (χ3v) is 3.56. The van der Waals surface area contributed by atoms with Gasteiger partial charge in [0.2, 0.25) is 0 Å². The lowest BCUT2D eigenvalue weighted by molar-refractivity contribution is -0.00406. The van der Waals surface area contributed by atoms with Crippen LogP contribution >= 0.6 is 0 Å². The number of aliphatic hydroxyl groups is 1. The molecule has 1 heterocycles. The summed E-state index contributed by atoms with van der Waals surface area (Å²) >= 11 is 0. The number of hydrogen-bond donors (Lipinski definition) is 1. The molecule has 2 nitrogen and oxygen atoms in total. The van der Waals surface area contributed by atoms with Gasteiger partial charge in [0.1, 0.15) is 0 Å². The van der Waals surface area contributed by atoms with Gasteiger partial charge in [-0.25, -0.2) is 0 Å². The molecule has 78 valence electrons. The first-order valence-electron chi connectivity index (χ1n) is 5.42. The van der Waals surface area contributed by atoms with E-state index in [2.05, 4.69) is 32.7 Å². The molecule has 0 aromatic rings. The topological polar surface area (TPSA) is 23.5 Å². The summed E-state index contributed by atoms with van der Waals surface area (Å²) in [6, 6.07) is 0.532. The molecule has 1 aliphatic heterocycles. The van der Waals surface area contributed by atoms with Crippen LogP contribution in [0, 0.1) is 5.92 Å². The molecule has 0 aliphatic carbocycles. The van der Waals surface area contributed by atoms with Crippen molar-refractivity contribution in [2.24, 2.45) is 5.92 Å². The van der Waals surface area contributed by atoms with Gasteiger partial charge < -0.3 is 10.0 Å². The molecule has 1 rings (SSSR count). The Morgan fingerprint density at radius 3 is 2.62 bits per heavy atom. The molecule has 0 spiro atoms. The van der Waals surface area contributed by atoms with Gasteiger partial charge in [-0.2, -0.15) is 0 Å². The minimum atomic E-state index is -0.426. The van der Waals surface area contributed by atoms with Gasteiger partial charge in [0.25, 0.3) is 0 Å². The number of β-amino-alcohol motifs (C(OH)–C–C–N with tert-alkyl or cyclic N) is 1. The highest BCUT2D eigenvalue weighted by Crippen LogP contribution is 2.34. The first kappa shape index (κ1) is 11.0. The molecule has 3 unspecified atom stereocenters. The van der Waals surface area contributed by atoms with E-state index in [4.69, 9.17) is 0 Å². The summed E-state index contributed by atoms with van der Waals surface area (Å²) in [5, 5.41) is 10.4. The summed E-state index contributed by atoms with van der Waals surface area (Å²) in [6.07, 6.45) is 3.24. The van der Waals surface area contributed by atoms with E-state index < -0.39 is 5.60 Å². The average molecular weight is 185 g/mol. The van der Waals surface area contributed by atoms with Crippen molar-refractivity contribution in [3.05, 3.63) is 0 Å². The maximum Gasteiger partial charge on any atom is 0.0814 e. The SMILES string of the molecule is CCCC(C)C1(O)CC(C)N(C)C1. The van der Waals surface area contributed by atoms with E-state index in [1.54, 1.807) is 0 Å². The Morgan fingerprint density at radius 1 is 1.62 bits per heavy atom. The van der Waals surface area contributed by atoms with E-state index in [1.807, 2.05) is 0 Å². The quantitative estimate of drug-likeness (QED) is 0.725. The lowest BCUT2D eigenvalue weighted by atomic mass is 9.84. The lowest BCUT2D eigenvalue weighted by Crippen LogP contribution is -2.38. The number of likely N-dealkylation sites (N-methyl/N-ethyl adjacent to an activating group) is 1. The highest BCUT2D eigenvalue weighted by molar-refractivity contribution is 4.96. The summed E-state index contributed by atoms with van der Waals surface area (Å²) in [5.74, 6) is 0.435. The van der Waals surface area contributed by atoms with E-state index in [9.17, 15) is 5.11 Å². The Hall–Kier alpha value is -0.0800. The fourth-order valence-electron chi connectivity index (χ4n) is 2.38. The summed E-state index contributed by atoms with van der Waals surface area (Å²) in [6.45, 7) is 7.39. The van der Waals surface area contributed by atoms with Gasteiger partial charge in [-0.3, -0.25) is 0 Å². The van der Waals surface area contributed by atoms with Crippen LogP contribution in [0.15, 0.2) is 0 Å². The number of rotatable bonds is 3. The van der Waals surface area contributed by atoms with Gasteiger partial charge >= 0.3 is 0 Å². The van der Waals surface area contributed by atoms with Gasteiger partial charge in [-0.1, -0.05) is 20.3 Å². The summed E-state index contributed by atoms with van der Waals surface area (Å²) in [7, 11) is 2.10. The van der Waals surface area contributed by atoms with Crippen LogP contribution in [0.25, 0.3) is 0 Å². The standard InChI is InChI=1S/C11H23NO/c1-5-6-9(2)11(13)7-10(3)12(4)8-11/h9-10,13H,5-8H2,1-4H3. The Bertz CT molecular complexity index is 159. The third-order valence-electron chi connectivity index (χ3n) is 3.56. The van der Waals surface area contributed by atoms with E-state index in [0.29, 0.717) is 12.0 Å². The average Bonchev–Trinajstić information content (AvgIpc) is 2.28. The molecule has 1 saturated heterocycles. The van der Waals surface area contributed by atoms with Crippen LogP contribution in [-0.2, 0) is 0 Å². The first-order valence-corrected chi connectivity index (χ1v) is 5.42. The predicted molar refractivity (Wildman–Crippen MR) is 55.7 cm³/mol. The highest BCUT2D eigenvalue weighted by atomic mass is 16.3. The van der Waals surface area contributed by atoms with E-state index in [-0.39, 0.29) is 0 Å². The lowest BCUT2D eigenvalue weighted by Gasteiger charge is -2.29. The Balaban J connectivity index is 2.57. The molecule has 0 aromatic heterocycles. The van der Waals surface area contributed by atoms with Gasteiger partial charge in [-0.05, 0) is 32.7 Å². The molecule has 1 fully saturated rings. The predicted octanol–water partition coefficient (Wildman–Crippen LogP) is 1.88. The van der Waals surface area contributed by atoms with Crippen molar-refractivity contribution in [1.82, 2.24) is 4.90 Å². The largest absolute Gasteiger partial charge is 0.388 e. The minimum absolute atomic E-state index is 0.426. The van der Waals surface area contributed by atoms with Crippen LogP contribution in [0.1, 0.15) is 40.0 Å². The minimum Gasteiger partial charge on any atom is -0.388 e. The highest BCUT2D eigenvalue weighted by Gasteiger charge is 2.42. The molecule has 1 N–H and O–H groups in total. The van der Waals surface area contributed by atoms with Crippen molar-refractivity contribution in [3.63, 3.8) is 0 Å². The van der Waals surface area contributed by atoms with Gasteiger partial charge in [0.05, 0.1) is 5.60 Å². The molecular formula is C11H23NO. The zero-order valence-corrected chi connectivity index (χ0v) is 9.38. The van der Waals surface area contributed by atoms with E-state index in [0.717, 1.165) is 19.4 Å². The first-order chi connectivity index (χ1) is 5.99. The normalized spacial score (nSPS) is 38.1. The van der Waals surface area contributed by atoms with Crippen molar-refractivity contribution >= 4 is 0 Å². The molecule has 0 bridgehead atoms. The summed E-state index contributed by atoms with van der Waals surface area (Å²) in [5.41, 5.74) is -0.426. The summed E-state index contributed by atoms with van der Waals surface area (Å²) < 4.78 is 0. The number of nitrogens with zero attached hydrogens (tertiary/aromatic N) is 1. The molecule has 13 heavy (non-hydrogen) atoms. The van der Waals surface area contributed by atoms with Crippen molar-refractivity contribution in [3.8, 4) is 0 Å². The van der Waals surface area contributed by atoms with Crippen molar-refractivity contribution in [2.75, 3.05) is 13.6 Å². The number of hydrogen-bond acceptors (Lipinski definition) is 2. The number of likely N-dealkylation sites (tertiary alicyclic amines) is 1. The van der Waals surface area contributed by atoms with Gasteiger partial charge in [0, 0.05) is 12.6 Å². The summed E-state index contributed by atoms with van der Waals surface area (Å²) in [4.78, 5) is 2.26. The van der Waals surface area contributed by atoms with Crippen LogP contribution in [-0.4, -0.2) is 35.2 Å². The van der Waals surface area contributed by atoms with Crippen LogP contribution < -0.4 is 0 Å². The molecule has 0 saturated carbocycles. The second kappa shape index (κ2) is 3.97. The Kier molecular flexibility index (Phi) is 3.36. The maximum absolute atomic E-state index is 10.4. The fraction of sp³-hybridized carbons (Fsp3) is 1.00. The van der Waals surface area contributed by atoms with Gasteiger partial charge in [-0.15, -0.1) is 0 Å². The molecule has 1 aliphatic rings. The van der Waals surface area contributed by atoms with Crippen LogP contribution in [0.2, 0.25) is 0 Å². The zero-order valence-electron chi connectivity index (χ0n) is 9.38. The van der Waals surface area contributed by atoms with Crippen molar-refractivity contribution in [2.45, 2.75) is 51.7 Å². The van der Waals surface area contributed by atoms with Crippen LogP contribution in [0.3, 0.4) is 0 Å². The maximum atomic E-state index is 10.4. The second-order valence-electron chi connectivity index (χ2n) is 4.76. The van der Waals surface area contributed by atoms with Gasteiger partial charge in [0.15, 0.2) is 0 Å². The molecular weight excluding hydrogens is 162 g/mol.